The van der Waals surface area contributed by atoms with Crippen molar-refractivity contribution >= 4 is 115 Å². The Hall–Kier alpha value is -6.66. The molecule has 2 amide bonds. The number of amides is 2. The minimum Gasteiger partial charge on any atom is -0.455 e. The molecule has 0 saturated heterocycles. The van der Waals surface area contributed by atoms with Crippen LogP contribution in [-0.4, -0.2) is 74.2 Å². The van der Waals surface area contributed by atoms with E-state index in [-0.39, 0.29) is 60.1 Å². The molecule has 5 N–H and O–H groups in total. The molecule has 0 aliphatic carbocycles. The lowest BCUT2D eigenvalue weighted by molar-refractivity contribution is 0.0924. The first-order valence-corrected chi connectivity index (χ1v) is 21.7. The second-order valence-corrected chi connectivity index (χ2v) is 17.0. The molecule has 0 saturated carbocycles. The number of aromatic nitrogens is 6. The molecule has 8 aromatic rings. The molecule has 6 heterocycles. The highest BCUT2D eigenvalue weighted by Crippen LogP contribution is 2.40. The summed E-state index contributed by atoms with van der Waals surface area (Å²) in [5.74, 6) is 0.00735. The summed E-state index contributed by atoms with van der Waals surface area (Å²) in [4.78, 5) is 57.1. The van der Waals surface area contributed by atoms with Gasteiger partial charge in [-0.05, 0) is 79.8 Å². The van der Waals surface area contributed by atoms with E-state index in [1.54, 1.807) is 36.4 Å². The smallest absolute Gasteiger partial charge is 0.268 e. The van der Waals surface area contributed by atoms with Crippen molar-refractivity contribution in [1.29, 1.82) is 0 Å². The fourth-order valence-electron chi connectivity index (χ4n) is 8.14. The Kier molecular flexibility index (Phi) is 11.3. The average molecular weight is 951 g/mol. The van der Waals surface area contributed by atoms with E-state index in [2.05, 4.69) is 62.9 Å². The van der Waals surface area contributed by atoms with Gasteiger partial charge in [-0.15, -0.1) is 0 Å². The second-order valence-electron chi connectivity index (χ2n) is 15.3. The molecule has 0 radical (unpaired) electrons. The van der Waals surface area contributed by atoms with Crippen molar-refractivity contribution in [3.05, 3.63) is 139 Å². The maximum Gasteiger partial charge on any atom is 0.268 e. The number of para-hydroxylation sites is 2. The largest absolute Gasteiger partial charge is 0.455 e. The van der Waals surface area contributed by atoms with E-state index in [4.69, 9.17) is 55.9 Å². The van der Waals surface area contributed by atoms with E-state index in [9.17, 15) is 9.59 Å². The molecule has 0 atom stereocenters. The number of nitrogens with one attached hydrogen (secondary N) is 5. The maximum absolute atomic E-state index is 13.6. The number of aromatic amines is 2. The Morgan fingerprint density at radius 3 is 1.88 bits per heavy atom. The van der Waals surface area contributed by atoms with E-state index in [1.165, 1.54) is 22.2 Å². The number of hydrogen-bond acceptors (Lipinski definition) is 12. The molecule has 2 aliphatic heterocycles. The molecule has 4 aromatic carbocycles. The van der Waals surface area contributed by atoms with Crippen LogP contribution >= 0.6 is 46.4 Å². The Balaban J connectivity index is 0.902. The number of carbonyl (C=O) groups is 2. The van der Waals surface area contributed by atoms with Gasteiger partial charge >= 0.3 is 0 Å². The second kappa shape index (κ2) is 17.4. The zero-order chi connectivity index (χ0) is 44.9. The molecular formula is C45H36Cl4N12O4. The van der Waals surface area contributed by atoms with E-state index in [0.29, 0.717) is 51.1 Å². The van der Waals surface area contributed by atoms with E-state index in [1.807, 2.05) is 44.7 Å². The maximum atomic E-state index is 13.6. The van der Waals surface area contributed by atoms with Gasteiger partial charge in [-0.1, -0.05) is 58.5 Å². The number of benzene rings is 4. The number of rotatable bonds is 12. The quantitative estimate of drug-likeness (QED) is 0.0784. The van der Waals surface area contributed by atoms with Crippen molar-refractivity contribution in [2.75, 3.05) is 48.0 Å². The third-order valence-corrected chi connectivity index (χ3v) is 12.3. The average Bonchev–Trinajstić information content (AvgIpc) is 3.98. The van der Waals surface area contributed by atoms with E-state index < -0.39 is 0 Å². The highest BCUT2D eigenvalue weighted by Gasteiger charge is 2.33. The number of H-pyrrole nitrogens is 2. The first kappa shape index (κ1) is 42.3. The third kappa shape index (κ3) is 7.98. The van der Waals surface area contributed by atoms with Crippen LogP contribution in [0.2, 0.25) is 20.1 Å². The van der Waals surface area contributed by atoms with Crippen LogP contribution in [0.5, 0.6) is 11.8 Å². The Bertz CT molecular complexity index is 3160. The van der Waals surface area contributed by atoms with Crippen molar-refractivity contribution in [2.45, 2.75) is 19.6 Å². The highest BCUT2D eigenvalue weighted by atomic mass is 35.5. The van der Waals surface area contributed by atoms with Gasteiger partial charge in [-0.2, -0.15) is 9.97 Å². The number of anilines is 6. The van der Waals surface area contributed by atoms with Crippen LogP contribution in [0.1, 0.15) is 37.4 Å². The number of halogens is 4. The van der Waals surface area contributed by atoms with Crippen LogP contribution in [0.4, 0.5) is 34.6 Å². The third-order valence-electron chi connectivity index (χ3n) is 11.1. The molecule has 4 aromatic heterocycles. The van der Waals surface area contributed by atoms with Crippen molar-refractivity contribution in [2.24, 2.45) is 0 Å². The van der Waals surface area contributed by atoms with Crippen LogP contribution in [0.15, 0.2) is 91.5 Å². The minimum absolute atomic E-state index is 0.128. The lowest BCUT2D eigenvalue weighted by Gasteiger charge is -2.29. The molecular weight excluding hydrogens is 914 g/mol. The Morgan fingerprint density at radius 2 is 1.28 bits per heavy atom. The molecule has 65 heavy (non-hydrogen) atoms. The number of fused-ring (bicyclic) bond motifs is 4. The summed E-state index contributed by atoms with van der Waals surface area (Å²) in [5.41, 5.74) is 7.48. The molecule has 10 rings (SSSR count). The fourth-order valence-corrected chi connectivity index (χ4v) is 9.34. The van der Waals surface area contributed by atoms with Crippen LogP contribution in [0.3, 0.4) is 0 Å². The van der Waals surface area contributed by atoms with Crippen molar-refractivity contribution in [1.82, 2.24) is 40.1 Å². The predicted molar refractivity (Wildman–Crippen MR) is 253 cm³/mol. The van der Waals surface area contributed by atoms with E-state index in [0.717, 1.165) is 49.9 Å². The van der Waals surface area contributed by atoms with Gasteiger partial charge in [0.15, 0.2) is 13.5 Å². The Morgan fingerprint density at radius 1 is 0.708 bits per heavy atom. The molecule has 2 aliphatic rings. The summed E-state index contributed by atoms with van der Waals surface area (Å²) in [6, 6.07) is 20.2. The van der Waals surface area contributed by atoms with Crippen LogP contribution < -0.4 is 35.2 Å². The molecule has 0 bridgehead atoms. The van der Waals surface area contributed by atoms with E-state index >= 15 is 0 Å². The molecule has 0 spiro atoms. The standard InChI is InChI=1S/C45H36Cl4N12O4/c1-50-16-23-14-36(56-45-54-18-29-41(58-45)65-22-61(43(29)63)39-33(48)7-4-8-34(39)49)30(37-27(23)10-12-52-37)20-59(2)19-24-13-25(15-35-26(24)9-11-51-35)55-44-53-17-28-40(57-44)64-21-60(42(28)62)38-31(46)5-3-6-32(38)47/h3-15,17-18,50-52H,16,19-22H2,1-2H3,(H,53,55,57)(H,54,56,58). The summed E-state index contributed by atoms with van der Waals surface area (Å²) in [6.45, 7) is 1.40. The highest BCUT2D eigenvalue weighted by molar-refractivity contribution is 6.41. The summed E-state index contributed by atoms with van der Waals surface area (Å²) in [6.07, 6.45) is 6.69. The van der Waals surface area contributed by atoms with Crippen molar-refractivity contribution in [3.63, 3.8) is 0 Å². The van der Waals surface area contributed by atoms with Crippen molar-refractivity contribution in [3.8, 4) is 11.8 Å². The first-order chi connectivity index (χ1) is 31.5. The van der Waals surface area contributed by atoms with Gasteiger partial charge in [-0.25, -0.2) is 9.97 Å². The summed E-state index contributed by atoms with van der Waals surface area (Å²) < 4.78 is 11.9. The van der Waals surface area contributed by atoms with Gasteiger partial charge < -0.3 is 35.4 Å². The fraction of sp³-hybridized carbons (Fsp3) is 0.156. The summed E-state index contributed by atoms with van der Waals surface area (Å²) >= 11 is 25.6. The number of hydrogen-bond donors (Lipinski definition) is 5. The first-order valence-electron chi connectivity index (χ1n) is 20.1. The zero-order valence-electron chi connectivity index (χ0n) is 34.5. The van der Waals surface area contributed by atoms with Crippen molar-refractivity contribution < 1.29 is 19.1 Å². The normalized spacial score (nSPS) is 13.6. The summed E-state index contributed by atoms with van der Waals surface area (Å²) in [5, 5.41) is 13.4. The van der Waals surface area contributed by atoms with Gasteiger partial charge in [0, 0.05) is 77.6 Å². The molecule has 20 heteroatoms. The zero-order valence-corrected chi connectivity index (χ0v) is 37.5. The Labute approximate surface area is 390 Å². The minimum atomic E-state index is -0.386. The van der Waals surface area contributed by atoms with Crippen LogP contribution in [0, 0.1) is 0 Å². The van der Waals surface area contributed by atoms with Gasteiger partial charge in [0.05, 0.1) is 37.0 Å². The number of carbonyl (C=O) groups excluding carboxylic acids is 2. The molecule has 0 fully saturated rings. The monoisotopic (exact) mass is 948 g/mol. The SMILES string of the molecule is CNCc1cc(Nc2ncc3c(n2)OCN(c2c(Cl)cccc2Cl)C3=O)c(CN(C)Cc2cc(Nc3ncc4c(n3)OCN(c3c(Cl)cccc3Cl)C4=O)cc3[nH]ccc23)c2[nH]ccc12. The van der Waals surface area contributed by atoms with Crippen LogP contribution in [0.25, 0.3) is 21.8 Å². The van der Waals surface area contributed by atoms with Gasteiger partial charge in [0.1, 0.15) is 11.1 Å². The molecule has 0 unspecified atom stereocenters. The molecule has 16 nitrogen and oxygen atoms in total. The number of nitrogens with zero attached hydrogens (tertiary/aromatic N) is 7. The summed E-state index contributed by atoms with van der Waals surface area (Å²) in [7, 11) is 3.95. The van der Waals surface area contributed by atoms with Crippen LogP contribution in [-0.2, 0) is 19.6 Å². The predicted octanol–water partition coefficient (Wildman–Crippen LogP) is 9.67. The topological polar surface area (TPSA) is 182 Å². The van der Waals surface area contributed by atoms with Gasteiger partial charge in [0.2, 0.25) is 23.7 Å². The molecule has 328 valence electrons. The van der Waals surface area contributed by atoms with Gasteiger partial charge in [-0.3, -0.25) is 24.3 Å². The van der Waals surface area contributed by atoms with Gasteiger partial charge in [0.25, 0.3) is 11.8 Å². The number of ether oxygens (including phenoxy) is 2. The lowest BCUT2D eigenvalue weighted by Crippen LogP contribution is -2.39. The lowest BCUT2D eigenvalue weighted by atomic mass is 10.0.